The van der Waals surface area contributed by atoms with Crippen LogP contribution in [0.4, 0.5) is 11.4 Å². The Morgan fingerprint density at radius 3 is 2.38 bits per heavy atom. The zero-order valence-corrected chi connectivity index (χ0v) is 15.5. The van der Waals surface area contributed by atoms with Crippen LogP contribution in [0, 0.1) is 6.92 Å². The van der Waals surface area contributed by atoms with Gasteiger partial charge < -0.3 is 10.2 Å². The van der Waals surface area contributed by atoms with Gasteiger partial charge in [-0.2, -0.15) is 0 Å². The van der Waals surface area contributed by atoms with Gasteiger partial charge in [0.25, 0.3) is 5.91 Å². The Morgan fingerprint density at radius 2 is 1.79 bits per heavy atom. The molecule has 2 rings (SSSR count). The summed E-state index contributed by atoms with van der Waals surface area (Å²) in [6.45, 7) is 1.76. The maximum Gasteiger partial charge on any atom is 0.256 e. The topological polar surface area (TPSA) is 66.5 Å². The average Bonchev–Trinajstić information content (AvgIpc) is 2.46. The van der Waals surface area contributed by atoms with Crippen LogP contribution in [0.5, 0.6) is 0 Å². The second kappa shape index (κ2) is 6.83. The lowest BCUT2D eigenvalue weighted by atomic mass is 10.1. The van der Waals surface area contributed by atoms with Crippen molar-refractivity contribution in [2.75, 3.05) is 30.6 Å². The van der Waals surface area contributed by atoms with Gasteiger partial charge in [0.15, 0.2) is 9.84 Å². The summed E-state index contributed by atoms with van der Waals surface area (Å²) in [5.41, 5.74) is 2.35. The van der Waals surface area contributed by atoms with E-state index in [0.717, 1.165) is 11.9 Å². The average molecular weight is 367 g/mol. The molecule has 0 bridgehead atoms. The van der Waals surface area contributed by atoms with Gasteiger partial charge >= 0.3 is 0 Å². The van der Waals surface area contributed by atoms with Gasteiger partial charge in [0.05, 0.1) is 16.3 Å². The lowest BCUT2D eigenvalue weighted by molar-refractivity contribution is 0.102. The van der Waals surface area contributed by atoms with Crippen molar-refractivity contribution in [3.8, 4) is 0 Å². The number of amides is 1. The highest BCUT2D eigenvalue weighted by molar-refractivity contribution is 7.90. The summed E-state index contributed by atoms with van der Waals surface area (Å²) in [6, 6.07) is 9.70. The van der Waals surface area contributed by atoms with Crippen molar-refractivity contribution in [3.63, 3.8) is 0 Å². The molecule has 0 atom stereocenters. The molecular weight excluding hydrogens is 348 g/mol. The summed E-state index contributed by atoms with van der Waals surface area (Å²) in [6.07, 6.45) is 1.11. The maximum absolute atomic E-state index is 12.6. The van der Waals surface area contributed by atoms with Crippen molar-refractivity contribution in [2.24, 2.45) is 0 Å². The van der Waals surface area contributed by atoms with Crippen LogP contribution in [0.15, 0.2) is 41.3 Å². The molecule has 0 radical (unpaired) electrons. The summed E-state index contributed by atoms with van der Waals surface area (Å²) in [4.78, 5) is 14.6. The number of carbonyl (C=O) groups is 1. The first kappa shape index (κ1) is 18.3. The molecule has 1 N–H and O–H groups in total. The van der Waals surface area contributed by atoms with Crippen LogP contribution in [0.2, 0.25) is 5.02 Å². The molecule has 5 nitrogen and oxygen atoms in total. The predicted octanol–water partition coefficient (Wildman–Crippen LogP) is 3.37. The first-order valence-corrected chi connectivity index (χ1v) is 9.45. The predicted molar refractivity (Wildman–Crippen MR) is 98.0 cm³/mol. The number of aryl methyl sites for hydroxylation is 1. The molecule has 0 aliphatic rings. The molecule has 0 saturated heterocycles. The number of rotatable bonds is 4. The van der Waals surface area contributed by atoms with Crippen LogP contribution < -0.4 is 10.2 Å². The number of sulfone groups is 1. The van der Waals surface area contributed by atoms with E-state index >= 15 is 0 Å². The standard InChI is InChI=1S/C17H19ClN2O3S/c1-11-5-7-13(24(4,22)23)10-14(11)17(21)19-15-9-12(18)6-8-16(15)20(2)3/h5-10H,1-4H3,(H,19,21). The van der Waals surface area contributed by atoms with Gasteiger partial charge in [-0.15, -0.1) is 0 Å². The summed E-state index contributed by atoms with van der Waals surface area (Å²) >= 11 is 6.02. The van der Waals surface area contributed by atoms with Crippen molar-refractivity contribution in [1.29, 1.82) is 0 Å². The lowest BCUT2D eigenvalue weighted by Crippen LogP contribution is -2.18. The van der Waals surface area contributed by atoms with Gasteiger partial charge in [-0.05, 0) is 42.8 Å². The van der Waals surface area contributed by atoms with Crippen molar-refractivity contribution >= 4 is 38.7 Å². The first-order chi connectivity index (χ1) is 11.1. The van der Waals surface area contributed by atoms with Crippen LogP contribution >= 0.6 is 11.6 Å². The molecule has 0 aliphatic carbocycles. The van der Waals surface area contributed by atoms with Crippen molar-refractivity contribution in [1.82, 2.24) is 0 Å². The van der Waals surface area contributed by atoms with E-state index in [1.54, 1.807) is 31.2 Å². The summed E-state index contributed by atoms with van der Waals surface area (Å²) in [5.74, 6) is -0.386. The molecule has 0 unspecified atom stereocenters. The van der Waals surface area contributed by atoms with Crippen molar-refractivity contribution in [2.45, 2.75) is 11.8 Å². The lowest BCUT2D eigenvalue weighted by Gasteiger charge is -2.18. The van der Waals surface area contributed by atoms with Crippen molar-refractivity contribution in [3.05, 3.63) is 52.5 Å². The highest BCUT2D eigenvalue weighted by atomic mass is 35.5. The zero-order chi connectivity index (χ0) is 18.1. The number of anilines is 2. The van der Waals surface area contributed by atoms with E-state index in [1.807, 2.05) is 19.0 Å². The number of nitrogens with zero attached hydrogens (tertiary/aromatic N) is 1. The molecule has 0 aliphatic heterocycles. The van der Waals surface area contributed by atoms with Crippen LogP contribution in [-0.4, -0.2) is 34.7 Å². The van der Waals surface area contributed by atoms with Gasteiger partial charge in [0, 0.05) is 30.9 Å². The molecule has 128 valence electrons. The molecule has 1 amide bonds. The number of hydrogen-bond acceptors (Lipinski definition) is 4. The molecule has 0 fully saturated rings. The minimum absolute atomic E-state index is 0.108. The fourth-order valence-electron chi connectivity index (χ4n) is 2.26. The Bertz CT molecular complexity index is 893. The van der Waals surface area contributed by atoms with Crippen LogP contribution in [0.25, 0.3) is 0 Å². The Balaban J connectivity index is 2.43. The Morgan fingerprint density at radius 1 is 1.12 bits per heavy atom. The number of carbonyl (C=O) groups excluding carboxylic acids is 1. The second-order valence-electron chi connectivity index (χ2n) is 5.76. The molecule has 0 aromatic heterocycles. The van der Waals surface area contributed by atoms with E-state index in [1.165, 1.54) is 12.1 Å². The first-order valence-electron chi connectivity index (χ1n) is 7.18. The third kappa shape index (κ3) is 4.07. The van der Waals surface area contributed by atoms with Gasteiger partial charge in [-0.3, -0.25) is 4.79 Å². The largest absolute Gasteiger partial charge is 0.376 e. The summed E-state index contributed by atoms with van der Waals surface area (Å²) in [5, 5.41) is 3.31. The van der Waals surface area contributed by atoms with Crippen LogP contribution in [-0.2, 0) is 9.84 Å². The number of halogens is 1. The van der Waals surface area contributed by atoms with Crippen LogP contribution in [0.3, 0.4) is 0 Å². The summed E-state index contributed by atoms with van der Waals surface area (Å²) in [7, 11) is 0.325. The molecule has 24 heavy (non-hydrogen) atoms. The fraction of sp³-hybridized carbons (Fsp3) is 0.235. The minimum Gasteiger partial charge on any atom is -0.376 e. The van der Waals surface area contributed by atoms with Crippen molar-refractivity contribution < 1.29 is 13.2 Å². The normalized spacial score (nSPS) is 11.2. The van der Waals surface area contributed by atoms with E-state index in [-0.39, 0.29) is 10.8 Å². The smallest absolute Gasteiger partial charge is 0.256 e. The van der Waals surface area contributed by atoms with E-state index < -0.39 is 9.84 Å². The second-order valence-corrected chi connectivity index (χ2v) is 8.21. The Kier molecular flexibility index (Phi) is 5.20. The molecular formula is C17H19ClN2O3S. The van der Waals surface area contributed by atoms with Gasteiger partial charge in [-0.1, -0.05) is 17.7 Å². The number of benzene rings is 2. The van der Waals surface area contributed by atoms with E-state index in [0.29, 0.717) is 21.8 Å². The molecule has 0 spiro atoms. The minimum atomic E-state index is -3.39. The highest BCUT2D eigenvalue weighted by Crippen LogP contribution is 2.28. The van der Waals surface area contributed by atoms with Gasteiger partial charge in [0.2, 0.25) is 0 Å². The molecule has 2 aromatic rings. The Hall–Kier alpha value is -2.05. The SMILES string of the molecule is Cc1ccc(S(C)(=O)=O)cc1C(=O)Nc1cc(Cl)ccc1N(C)C. The van der Waals surface area contributed by atoms with E-state index in [2.05, 4.69) is 5.32 Å². The molecule has 0 saturated carbocycles. The van der Waals surface area contributed by atoms with Gasteiger partial charge in [-0.25, -0.2) is 8.42 Å². The maximum atomic E-state index is 12.6. The Labute approximate surface area is 147 Å². The van der Waals surface area contributed by atoms with E-state index in [9.17, 15) is 13.2 Å². The van der Waals surface area contributed by atoms with E-state index in [4.69, 9.17) is 11.6 Å². The molecule has 7 heteroatoms. The monoisotopic (exact) mass is 366 g/mol. The highest BCUT2D eigenvalue weighted by Gasteiger charge is 2.16. The van der Waals surface area contributed by atoms with Crippen LogP contribution in [0.1, 0.15) is 15.9 Å². The molecule has 2 aromatic carbocycles. The molecule has 0 heterocycles. The fourth-order valence-corrected chi connectivity index (χ4v) is 3.08. The third-order valence-corrected chi connectivity index (χ3v) is 4.92. The van der Waals surface area contributed by atoms with Gasteiger partial charge in [0.1, 0.15) is 0 Å². The quantitative estimate of drug-likeness (QED) is 0.900. The zero-order valence-electron chi connectivity index (χ0n) is 13.9. The number of nitrogens with one attached hydrogen (secondary N) is 1. The number of hydrogen-bond donors (Lipinski definition) is 1. The third-order valence-electron chi connectivity index (χ3n) is 3.57. The summed E-state index contributed by atoms with van der Waals surface area (Å²) < 4.78 is 23.4.